The second-order valence-corrected chi connectivity index (χ2v) is 5.53. The van der Waals surface area contributed by atoms with Crippen molar-refractivity contribution in [3.63, 3.8) is 0 Å². The maximum absolute atomic E-state index is 6.31. The van der Waals surface area contributed by atoms with Crippen molar-refractivity contribution in [3.05, 3.63) is 34.3 Å². The highest BCUT2D eigenvalue weighted by atomic mass is 35.5. The van der Waals surface area contributed by atoms with Crippen LogP contribution in [0.25, 0.3) is 10.9 Å². The molecule has 19 heavy (non-hydrogen) atoms. The second-order valence-electron chi connectivity index (χ2n) is 5.12. The van der Waals surface area contributed by atoms with Crippen LogP contribution < -0.4 is 10.2 Å². The summed E-state index contributed by atoms with van der Waals surface area (Å²) in [6.07, 6.45) is 0. The van der Waals surface area contributed by atoms with Gasteiger partial charge in [0.05, 0.1) is 10.5 Å². The normalized spacial score (nSPS) is 16.1. The van der Waals surface area contributed by atoms with E-state index in [1.54, 1.807) is 0 Å². The van der Waals surface area contributed by atoms with Crippen LogP contribution in [0.4, 0.5) is 5.82 Å². The molecule has 0 amide bonds. The summed E-state index contributed by atoms with van der Waals surface area (Å²) in [4.78, 5) is 7.17. The number of rotatable bonds is 1. The van der Waals surface area contributed by atoms with Gasteiger partial charge in [0.1, 0.15) is 5.82 Å². The minimum absolute atomic E-state index is 0.789. The van der Waals surface area contributed by atoms with Gasteiger partial charge in [0.2, 0.25) is 0 Å². The SMILES string of the molecule is Cc1ccc(Cl)c2c(C)cc(N3CCNCC3)nc12. The largest absolute Gasteiger partial charge is 0.354 e. The molecule has 0 aliphatic carbocycles. The molecule has 1 saturated heterocycles. The Morgan fingerprint density at radius 3 is 2.63 bits per heavy atom. The average Bonchev–Trinajstić information content (AvgIpc) is 2.43. The molecular formula is C15H18ClN3. The molecule has 0 radical (unpaired) electrons. The van der Waals surface area contributed by atoms with E-state index in [1.165, 1.54) is 11.1 Å². The van der Waals surface area contributed by atoms with Gasteiger partial charge in [-0.05, 0) is 37.1 Å². The number of nitrogens with one attached hydrogen (secondary N) is 1. The molecule has 3 rings (SSSR count). The van der Waals surface area contributed by atoms with Gasteiger partial charge in [-0.1, -0.05) is 17.7 Å². The van der Waals surface area contributed by atoms with Crippen molar-refractivity contribution in [2.45, 2.75) is 13.8 Å². The van der Waals surface area contributed by atoms with Gasteiger partial charge in [-0.25, -0.2) is 4.98 Å². The Morgan fingerprint density at radius 2 is 1.89 bits per heavy atom. The van der Waals surface area contributed by atoms with Crippen LogP contribution in [0, 0.1) is 13.8 Å². The molecule has 2 heterocycles. The number of fused-ring (bicyclic) bond motifs is 1. The topological polar surface area (TPSA) is 28.2 Å². The lowest BCUT2D eigenvalue weighted by Gasteiger charge is -2.29. The highest BCUT2D eigenvalue weighted by Gasteiger charge is 2.15. The number of hydrogen-bond acceptors (Lipinski definition) is 3. The van der Waals surface area contributed by atoms with Crippen LogP contribution in [-0.2, 0) is 0 Å². The summed E-state index contributed by atoms with van der Waals surface area (Å²) in [7, 11) is 0. The molecule has 4 heteroatoms. The standard InChI is InChI=1S/C15H18ClN3/c1-10-3-4-12(16)14-11(2)9-13(18-15(10)14)19-7-5-17-6-8-19/h3-4,9,17H,5-8H2,1-2H3. The summed E-state index contributed by atoms with van der Waals surface area (Å²) >= 11 is 6.31. The Labute approximate surface area is 118 Å². The molecule has 0 unspecified atom stereocenters. The summed E-state index contributed by atoms with van der Waals surface area (Å²) in [6.45, 7) is 8.27. The van der Waals surface area contributed by atoms with Crippen molar-refractivity contribution in [2.24, 2.45) is 0 Å². The van der Waals surface area contributed by atoms with E-state index in [1.807, 2.05) is 12.1 Å². The summed E-state index contributed by atoms with van der Waals surface area (Å²) in [5, 5.41) is 5.24. The van der Waals surface area contributed by atoms with Gasteiger partial charge in [0.25, 0.3) is 0 Å². The van der Waals surface area contributed by atoms with Crippen molar-refractivity contribution in [3.8, 4) is 0 Å². The molecule has 2 aromatic rings. The van der Waals surface area contributed by atoms with Gasteiger partial charge >= 0.3 is 0 Å². The molecule has 0 saturated carbocycles. The smallest absolute Gasteiger partial charge is 0.129 e. The van der Waals surface area contributed by atoms with E-state index in [9.17, 15) is 0 Å². The summed E-state index contributed by atoms with van der Waals surface area (Å²) in [6, 6.07) is 6.15. The number of hydrogen-bond donors (Lipinski definition) is 1. The number of aromatic nitrogens is 1. The fraction of sp³-hybridized carbons (Fsp3) is 0.400. The van der Waals surface area contributed by atoms with E-state index in [2.05, 4.69) is 30.1 Å². The van der Waals surface area contributed by atoms with Crippen LogP contribution in [0.3, 0.4) is 0 Å². The number of aryl methyl sites for hydroxylation is 2. The number of pyridine rings is 1. The molecule has 1 aliphatic rings. The quantitative estimate of drug-likeness (QED) is 0.867. The minimum Gasteiger partial charge on any atom is -0.354 e. The predicted molar refractivity (Wildman–Crippen MR) is 81.3 cm³/mol. The first-order valence-corrected chi connectivity index (χ1v) is 7.07. The van der Waals surface area contributed by atoms with Crippen LogP contribution in [-0.4, -0.2) is 31.2 Å². The van der Waals surface area contributed by atoms with Crippen molar-refractivity contribution in [1.82, 2.24) is 10.3 Å². The third-order valence-electron chi connectivity index (χ3n) is 3.74. The maximum Gasteiger partial charge on any atom is 0.129 e. The highest BCUT2D eigenvalue weighted by Crippen LogP contribution is 2.30. The van der Waals surface area contributed by atoms with E-state index in [4.69, 9.17) is 16.6 Å². The van der Waals surface area contributed by atoms with Crippen LogP contribution in [0.15, 0.2) is 18.2 Å². The molecule has 0 spiro atoms. The number of nitrogens with zero attached hydrogens (tertiary/aromatic N) is 2. The van der Waals surface area contributed by atoms with E-state index in [-0.39, 0.29) is 0 Å². The Morgan fingerprint density at radius 1 is 1.16 bits per heavy atom. The Balaban J connectivity index is 2.15. The summed E-state index contributed by atoms with van der Waals surface area (Å²) in [5.41, 5.74) is 3.41. The number of benzene rings is 1. The first kappa shape index (κ1) is 12.7. The molecule has 3 nitrogen and oxygen atoms in total. The monoisotopic (exact) mass is 275 g/mol. The molecule has 1 aliphatic heterocycles. The third kappa shape index (κ3) is 2.28. The lowest BCUT2D eigenvalue weighted by Crippen LogP contribution is -2.43. The molecule has 0 bridgehead atoms. The highest BCUT2D eigenvalue weighted by molar-refractivity contribution is 6.35. The first-order chi connectivity index (χ1) is 9.16. The van der Waals surface area contributed by atoms with Crippen LogP contribution in [0.1, 0.15) is 11.1 Å². The molecule has 1 aromatic carbocycles. The zero-order chi connectivity index (χ0) is 13.4. The number of anilines is 1. The Bertz CT molecular complexity index is 618. The van der Waals surface area contributed by atoms with Crippen molar-refractivity contribution >= 4 is 28.3 Å². The molecule has 1 aromatic heterocycles. The van der Waals surface area contributed by atoms with E-state index in [0.29, 0.717) is 0 Å². The average molecular weight is 276 g/mol. The molecule has 100 valence electrons. The van der Waals surface area contributed by atoms with Crippen molar-refractivity contribution < 1.29 is 0 Å². The van der Waals surface area contributed by atoms with Gasteiger partial charge in [-0.15, -0.1) is 0 Å². The zero-order valence-corrected chi connectivity index (χ0v) is 12.1. The number of halogens is 1. The Hall–Kier alpha value is -1.32. The van der Waals surface area contributed by atoms with Crippen LogP contribution >= 0.6 is 11.6 Å². The maximum atomic E-state index is 6.31. The van der Waals surface area contributed by atoms with Gasteiger partial charge in [-0.3, -0.25) is 0 Å². The number of piperazine rings is 1. The lowest BCUT2D eigenvalue weighted by molar-refractivity contribution is 0.585. The molecular weight excluding hydrogens is 258 g/mol. The fourth-order valence-electron chi connectivity index (χ4n) is 2.66. The van der Waals surface area contributed by atoms with Crippen LogP contribution in [0.5, 0.6) is 0 Å². The molecule has 1 N–H and O–H groups in total. The van der Waals surface area contributed by atoms with Gasteiger partial charge in [0.15, 0.2) is 0 Å². The van der Waals surface area contributed by atoms with Gasteiger partial charge in [-0.2, -0.15) is 0 Å². The van der Waals surface area contributed by atoms with Crippen molar-refractivity contribution in [2.75, 3.05) is 31.1 Å². The van der Waals surface area contributed by atoms with E-state index < -0.39 is 0 Å². The van der Waals surface area contributed by atoms with E-state index in [0.717, 1.165) is 47.9 Å². The third-order valence-corrected chi connectivity index (χ3v) is 4.05. The van der Waals surface area contributed by atoms with Crippen molar-refractivity contribution in [1.29, 1.82) is 0 Å². The second kappa shape index (κ2) is 4.99. The minimum atomic E-state index is 0.789. The first-order valence-electron chi connectivity index (χ1n) is 6.69. The molecule has 0 atom stereocenters. The fourth-order valence-corrected chi connectivity index (χ4v) is 2.96. The van der Waals surface area contributed by atoms with E-state index >= 15 is 0 Å². The van der Waals surface area contributed by atoms with Crippen LogP contribution in [0.2, 0.25) is 5.02 Å². The Kier molecular flexibility index (Phi) is 3.33. The molecule has 1 fully saturated rings. The predicted octanol–water partition coefficient (Wildman–Crippen LogP) is 2.91. The zero-order valence-electron chi connectivity index (χ0n) is 11.3. The van der Waals surface area contributed by atoms with Gasteiger partial charge in [0, 0.05) is 31.6 Å². The summed E-state index contributed by atoms with van der Waals surface area (Å²) in [5.74, 6) is 1.07. The van der Waals surface area contributed by atoms with Gasteiger partial charge < -0.3 is 10.2 Å². The lowest BCUT2D eigenvalue weighted by atomic mass is 10.1. The summed E-state index contributed by atoms with van der Waals surface area (Å²) < 4.78 is 0.